The molecule has 156 valence electrons. The summed E-state index contributed by atoms with van der Waals surface area (Å²) in [7, 11) is 1.52. The Balaban J connectivity index is 1.59. The topological polar surface area (TPSA) is 121 Å². The van der Waals surface area contributed by atoms with Gasteiger partial charge in [0.25, 0.3) is 0 Å². The number of para-hydroxylation sites is 3. The summed E-state index contributed by atoms with van der Waals surface area (Å²) in [6, 6.07) is 14.8. The number of carbonyl (C=O) groups excluding carboxylic acids is 1. The maximum absolute atomic E-state index is 12.0. The fourth-order valence-corrected chi connectivity index (χ4v) is 2.69. The number of rotatable bonds is 9. The molecule has 0 fully saturated rings. The number of benzene rings is 2. The molecule has 0 saturated heterocycles. The Morgan fingerprint density at radius 1 is 1.03 bits per heavy atom. The molecule has 0 atom stereocenters. The Labute approximate surface area is 174 Å². The molecule has 2 aromatic carbocycles. The molecular weight excluding hydrogens is 386 g/mol. The van der Waals surface area contributed by atoms with Crippen LogP contribution in [0.5, 0.6) is 11.5 Å². The highest BCUT2D eigenvalue weighted by molar-refractivity contribution is 5.71. The van der Waals surface area contributed by atoms with Crippen LogP contribution in [-0.2, 0) is 22.6 Å². The number of nitrogens with two attached hydrogens (primary N) is 1. The molecule has 0 aliphatic rings. The second-order valence-corrected chi connectivity index (χ2v) is 6.17. The Kier molecular flexibility index (Phi) is 6.99. The van der Waals surface area contributed by atoms with Crippen LogP contribution >= 0.6 is 0 Å². The van der Waals surface area contributed by atoms with E-state index < -0.39 is 5.97 Å². The predicted molar refractivity (Wildman–Crippen MR) is 112 cm³/mol. The number of carbonyl (C=O) groups is 1. The molecule has 3 aromatic rings. The van der Waals surface area contributed by atoms with Crippen molar-refractivity contribution in [3.05, 3.63) is 59.9 Å². The van der Waals surface area contributed by atoms with E-state index in [2.05, 4.69) is 27.2 Å². The highest BCUT2D eigenvalue weighted by Gasteiger charge is 2.11. The van der Waals surface area contributed by atoms with Gasteiger partial charge in [-0.3, -0.25) is 0 Å². The SMILES string of the molecule is CCc1ccccc1Nc1nc(N)nc(COC(=O)COc2ccccc2OC)n1. The first-order valence-electron chi connectivity index (χ1n) is 9.35. The van der Waals surface area contributed by atoms with Crippen LogP contribution in [0.15, 0.2) is 48.5 Å². The molecule has 0 aliphatic carbocycles. The fraction of sp³-hybridized carbons (Fsp3) is 0.238. The first-order chi connectivity index (χ1) is 14.6. The van der Waals surface area contributed by atoms with Crippen LogP contribution in [0.25, 0.3) is 0 Å². The third-order valence-electron chi connectivity index (χ3n) is 4.12. The van der Waals surface area contributed by atoms with Gasteiger partial charge < -0.3 is 25.3 Å². The second kappa shape index (κ2) is 10.1. The van der Waals surface area contributed by atoms with Crippen molar-refractivity contribution in [1.29, 1.82) is 0 Å². The second-order valence-electron chi connectivity index (χ2n) is 6.17. The van der Waals surface area contributed by atoms with E-state index in [1.807, 2.05) is 24.3 Å². The molecule has 0 aliphatic heterocycles. The normalized spacial score (nSPS) is 10.3. The van der Waals surface area contributed by atoms with Crippen molar-refractivity contribution in [2.45, 2.75) is 20.0 Å². The van der Waals surface area contributed by atoms with E-state index in [4.69, 9.17) is 19.9 Å². The Hall–Kier alpha value is -3.88. The molecule has 0 saturated carbocycles. The molecule has 0 radical (unpaired) electrons. The number of hydrogen-bond acceptors (Lipinski definition) is 9. The van der Waals surface area contributed by atoms with E-state index in [0.29, 0.717) is 11.5 Å². The summed E-state index contributed by atoms with van der Waals surface area (Å²) in [6.07, 6.45) is 0.848. The Morgan fingerprint density at radius 2 is 1.77 bits per heavy atom. The summed E-state index contributed by atoms with van der Waals surface area (Å²) in [5, 5.41) is 3.13. The number of hydrogen-bond donors (Lipinski definition) is 2. The number of nitrogens with zero attached hydrogens (tertiary/aromatic N) is 3. The number of esters is 1. The lowest BCUT2D eigenvalue weighted by molar-refractivity contribution is -0.147. The van der Waals surface area contributed by atoms with Gasteiger partial charge in [0.05, 0.1) is 7.11 Å². The third-order valence-corrected chi connectivity index (χ3v) is 4.12. The van der Waals surface area contributed by atoms with E-state index >= 15 is 0 Å². The lowest BCUT2D eigenvalue weighted by Gasteiger charge is -2.11. The maximum Gasteiger partial charge on any atom is 0.344 e. The first-order valence-corrected chi connectivity index (χ1v) is 9.35. The maximum atomic E-state index is 12.0. The number of nitrogen functional groups attached to an aromatic ring is 1. The molecule has 0 unspecified atom stereocenters. The zero-order valence-electron chi connectivity index (χ0n) is 16.8. The number of aromatic nitrogens is 3. The van der Waals surface area contributed by atoms with E-state index in [1.54, 1.807) is 24.3 Å². The average molecular weight is 409 g/mol. The summed E-state index contributed by atoms with van der Waals surface area (Å²) in [5.41, 5.74) is 7.76. The number of anilines is 3. The summed E-state index contributed by atoms with van der Waals surface area (Å²) in [6.45, 7) is 1.61. The number of methoxy groups -OCH3 is 1. The lowest BCUT2D eigenvalue weighted by atomic mass is 10.1. The van der Waals surface area contributed by atoms with E-state index in [0.717, 1.165) is 17.7 Å². The summed E-state index contributed by atoms with van der Waals surface area (Å²) in [4.78, 5) is 24.4. The molecule has 1 heterocycles. The zero-order valence-corrected chi connectivity index (χ0v) is 16.8. The zero-order chi connectivity index (χ0) is 21.3. The third kappa shape index (κ3) is 5.57. The van der Waals surface area contributed by atoms with Crippen molar-refractivity contribution >= 4 is 23.6 Å². The summed E-state index contributed by atoms with van der Waals surface area (Å²) < 4.78 is 15.8. The fourth-order valence-electron chi connectivity index (χ4n) is 2.69. The minimum absolute atomic E-state index is 0.0257. The standard InChI is InChI=1S/C21H23N5O4/c1-3-14-8-4-5-9-15(14)23-21-25-18(24-20(22)26-21)12-30-19(27)13-29-17-11-7-6-10-16(17)28-2/h4-11H,3,12-13H2,1-2H3,(H3,22,23,24,25,26). The van der Waals surface area contributed by atoms with Crippen LogP contribution in [0.4, 0.5) is 17.6 Å². The van der Waals surface area contributed by atoms with Gasteiger partial charge in [0.1, 0.15) is 0 Å². The van der Waals surface area contributed by atoms with Crippen LogP contribution < -0.4 is 20.5 Å². The van der Waals surface area contributed by atoms with Gasteiger partial charge in [-0.15, -0.1) is 0 Å². The minimum Gasteiger partial charge on any atom is -0.493 e. The molecule has 0 amide bonds. The van der Waals surface area contributed by atoms with Gasteiger partial charge >= 0.3 is 5.97 Å². The largest absolute Gasteiger partial charge is 0.493 e. The monoisotopic (exact) mass is 409 g/mol. The Morgan fingerprint density at radius 3 is 2.53 bits per heavy atom. The van der Waals surface area contributed by atoms with Crippen LogP contribution in [-0.4, -0.2) is 34.6 Å². The average Bonchev–Trinajstić information content (AvgIpc) is 2.76. The van der Waals surface area contributed by atoms with Crippen molar-refractivity contribution in [2.75, 3.05) is 24.8 Å². The molecule has 0 spiro atoms. The molecule has 9 nitrogen and oxygen atoms in total. The molecule has 3 N–H and O–H groups in total. The van der Waals surface area contributed by atoms with Gasteiger partial charge in [0.15, 0.2) is 30.5 Å². The van der Waals surface area contributed by atoms with Gasteiger partial charge in [0, 0.05) is 5.69 Å². The molecule has 1 aromatic heterocycles. The lowest BCUT2D eigenvalue weighted by Crippen LogP contribution is -2.16. The van der Waals surface area contributed by atoms with Gasteiger partial charge in [-0.25, -0.2) is 4.79 Å². The minimum atomic E-state index is -0.578. The molecule has 0 bridgehead atoms. The summed E-state index contributed by atoms with van der Waals surface area (Å²) >= 11 is 0. The van der Waals surface area contributed by atoms with Crippen molar-refractivity contribution in [2.24, 2.45) is 0 Å². The van der Waals surface area contributed by atoms with Gasteiger partial charge in [-0.05, 0) is 30.2 Å². The highest BCUT2D eigenvalue weighted by atomic mass is 16.6. The van der Waals surface area contributed by atoms with Crippen LogP contribution in [0.3, 0.4) is 0 Å². The van der Waals surface area contributed by atoms with Crippen molar-refractivity contribution < 1.29 is 19.0 Å². The quantitative estimate of drug-likeness (QED) is 0.514. The number of ether oxygens (including phenoxy) is 3. The molecular formula is C21H23N5O4. The van der Waals surface area contributed by atoms with E-state index in [9.17, 15) is 4.79 Å². The van der Waals surface area contributed by atoms with Gasteiger partial charge in [0.2, 0.25) is 11.9 Å². The van der Waals surface area contributed by atoms with Gasteiger partial charge in [-0.2, -0.15) is 15.0 Å². The molecule has 30 heavy (non-hydrogen) atoms. The predicted octanol–water partition coefficient (Wildman–Crippen LogP) is 2.89. The van der Waals surface area contributed by atoms with Crippen LogP contribution in [0, 0.1) is 0 Å². The van der Waals surface area contributed by atoms with E-state index in [-0.39, 0.29) is 30.9 Å². The van der Waals surface area contributed by atoms with Crippen LogP contribution in [0.1, 0.15) is 18.3 Å². The first kappa shape index (κ1) is 20.8. The van der Waals surface area contributed by atoms with Gasteiger partial charge in [-0.1, -0.05) is 37.3 Å². The van der Waals surface area contributed by atoms with Crippen molar-refractivity contribution in [3.8, 4) is 11.5 Å². The molecule has 3 rings (SSSR count). The number of aryl methyl sites for hydroxylation is 1. The number of nitrogens with one attached hydrogen (secondary N) is 1. The van der Waals surface area contributed by atoms with Crippen molar-refractivity contribution in [3.63, 3.8) is 0 Å². The highest BCUT2D eigenvalue weighted by Crippen LogP contribution is 2.25. The Bertz CT molecular complexity index is 1010. The summed E-state index contributed by atoms with van der Waals surface area (Å²) in [5.74, 6) is 0.925. The molecule has 9 heteroatoms. The smallest absolute Gasteiger partial charge is 0.344 e. The van der Waals surface area contributed by atoms with Crippen LogP contribution in [0.2, 0.25) is 0 Å². The van der Waals surface area contributed by atoms with E-state index in [1.165, 1.54) is 7.11 Å². The van der Waals surface area contributed by atoms with Crippen molar-refractivity contribution in [1.82, 2.24) is 15.0 Å².